The van der Waals surface area contributed by atoms with Crippen LogP contribution < -0.4 is 0 Å². The van der Waals surface area contributed by atoms with Crippen LogP contribution in [0.1, 0.15) is 65.0 Å². The van der Waals surface area contributed by atoms with E-state index in [1.54, 1.807) is 4.90 Å². The number of hydrogen-bond acceptors (Lipinski definition) is 3. The maximum absolute atomic E-state index is 12.6. The molecule has 2 atom stereocenters. The third-order valence-electron chi connectivity index (χ3n) is 5.03. The molecule has 1 aliphatic heterocycles. The molecule has 2 unspecified atom stereocenters. The predicted molar refractivity (Wildman–Crippen MR) is 102 cm³/mol. The van der Waals surface area contributed by atoms with E-state index in [1.165, 1.54) is 5.56 Å². The number of carbonyl (C=O) groups excluding carboxylic acids is 1. The van der Waals surface area contributed by atoms with E-state index in [9.17, 15) is 13.2 Å². The van der Waals surface area contributed by atoms with Crippen molar-refractivity contribution < 1.29 is 13.2 Å². The van der Waals surface area contributed by atoms with Crippen LogP contribution in [0.15, 0.2) is 24.3 Å². The highest BCUT2D eigenvalue weighted by Gasteiger charge is 2.31. The van der Waals surface area contributed by atoms with Crippen LogP contribution >= 0.6 is 0 Å². The molecule has 1 aromatic rings. The standard InChI is InChI=1S/C20H31NO3S/c1-15-7-6-8-16(2)21(15)19(22)14-25(23,24)13-17-9-11-18(12-10-17)20(3,4)5/h9-12,15-16H,6-8,13-14H2,1-5H3. The number of nitrogens with zero attached hydrogens (tertiary/aromatic N) is 1. The van der Waals surface area contributed by atoms with Crippen molar-refractivity contribution in [2.24, 2.45) is 0 Å². The lowest BCUT2D eigenvalue weighted by Gasteiger charge is -2.39. The van der Waals surface area contributed by atoms with E-state index in [4.69, 9.17) is 0 Å². The molecular weight excluding hydrogens is 334 g/mol. The van der Waals surface area contributed by atoms with Crippen LogP contribution in [0.2, 0.25) is 0 Å². The Kier molecular flexibility index (Phi) is 5.97. The molecule has 0 aliphatic carbocycles. The molecule has 0 aromatic heterocycles. The first-order valence-electron chi connectivity index (χ1n) is 9.10. The van der Waals surface area contributed by atoms with E-state index in [-0.39, 0.29) is 29.2 Å². The van der Waals surface area contributed by atoms with Crippen LogP contribution in [-0.2, 0) is 25.8 Å². The fourth-order valence-corrected chi connectivity index (χ4v) is 4.91. The van der Waals surface area contributed by atoms with Crippen molar-refractivity contribution in [1.29, 1.82) is 0 Å². The van der Waals surface area contributed by atoms with E-state index >= 15 is 0 Å². The molecule has 25 heavy (non-hydrogen) atoms. The Morgan fingerprint density at radius 3 is 2.08 bits per heavy atom. The van der Waals surface area contributed by atoms with Gasteiger partial charge in [0.05, 0.1) is 5.75 Å². The molecule has 1 saturated heterocycles. The topological polar surface area (TPSA) is 54.5 Å². The number of rotatable bonds is 4. The maximum Gasteiger partial charge on any atom is 0.238 e. The van der Waals surface area contributed by atoms with Gasteiger partial charge in [0.2, 0.25) is 5.91 Å². The second-order valence-electron chi connectivity index (χ2n) is 8.41. The third kappa shape index (κ3) is 5.30. The number of piperidine rings is 1. The van der Waals surface area contributed by atoms with Crippen molar-refractivity contribution in [3.63, 3.8) is 0 Å². The minimum absolute atomic E-state index is 0.0356. The normalized spacial score (nSPS) is 22.0. The maximum atomic E-state index is 12.6. The molecule has 0 N–H and O–H groups in total. The van der Waals surface area contributed by atoms with Gasteiger partial charge in [-0.05, 0) is 49.7 Å². The van der Waals surface area contributed by atoms with E-state index in [2.05, 4.69) is 20.8 Å². The third-order valence-corrected chi connectivity index (χ3v) is 6.49. The van der Waals surface area contributed by atoms with Gasteiger partial charge in [-0.3, -0.25) is 4.79 Å². The molecule has 1 fully saturated rings. The lowest BCUT2D eigenvalue weighted by atomic mass is 9.87. The SMILES string of the molecule is CC1CCCC(C)N1C(=O)CS(=O)(=O)Cc1ccc(C(C)(C)C)cc1. The molecule has 1 aromatic carbocycles. The van der Waals surface area contributed by atoms with Gasteiger partial charge in [0.1, 0.15) is 5.75 Å². The van der Waals surface area contributed by atoms with Crippen molar-refractivity contribution in [2.75, 3.05) is 5.75 Å². The van der Waals surface area contributed by atoms with Crippen LogP contribution in [0.3, 0.4) is 0 Å². The molecule has 140 valence electrons. The second-order valence-corrected chi connectivity index (χ2v) is 10.5. The number of carbonyl (C=O) groups is 1. The van der Waals surface area contributed by atoms with Gasteiger partial charge in [-0.15, -0.1) is 0 Å². The molecule has 5 heteroatoms. The van der Waals surface area contributed by atoms with Gasteiger partial charge in [-0.1, -0.05) is 45.0 Å². The Hall–Kier alpha value is -1.36. The summed E-state index contributed by atoms with van der Waals surface area (Å²) in [7, 11) is -3.47. The van der Waals surface area contributed by atoms with Gasteiger partial charge in [0.15, 0.2) is 9.84 Å². The van der Waals surface area contributed by atoms with Crippen LogP contribution in [-0.4, -0.2) is 37.1 Å². The first-order valence-corrected chi connectivity index (χ1v) is 10.9. The zero-order valence-corrected chi connectivity index (χ0v) is 16.9. The van der Waals surface area contributed by atoms with Crippen LogP contribution in [0, 0.1) is 0 Å². The quantitative estimate of drug-likeness (QED) is 0.818. The smallest absolute Gasteiger partial charge is 0.238 e. The molecule has 1 heterocycles. The largest absolute Gasteiger partial charge is 0.336 e. The molecule has 1 aliphatic rings. The lowest BCUT2D eigenvalue weighted by Crippen LogP contribution is -2.49. The number of amides is 1. The summed E-state index contributed by atoms with van der Waals surface area (Å²) in [5, 5.41) is 0. The van der Waals surface area contributed by atoms with Crippen LogP contribution in [0.4, 0.5) is 0 Å². The summed E-state index contributed by atoms with van der Waals surface area (Å²) in [6.07, 6.45) is 2.99. The van der Waals surface area contributed by atoms with Crippen molar-refractivity contribution in [2.45, 2.75) is 77.1 Å². The number of benzene rings is 1. The summed E-state index contributed by atoms with van der Waals surface area (Å²) in [6, 6.07) is 7.90. The van der Waals surface area contributed by atoms with Crippen molar-refractivity contribution in [3.8, 4) is 0 Å². The summed E-state index contributed by atoms with van der Waals surface area (Å²) in [4.78, 5) is 14.3. The summed E-state index contributed by atoms with van der Waals surface area (Å²) in [6.45, 7) is 10.4. The summed E-state index contributed by atoms with van der Waals surface area (Å²) >= 11 is 0. The molecule has 0 bridgehead atoms. The first-order chi connectivity index (χ1) is 11.5. The van der Waals surface area contributed by atoms with E-state index < -0.39 is 15.6 Å². The highest BCUT2D eigenvalue weighted by molar-refractivity contribution is 7.91. The van der Waals surface area contributed by atoms with Gasteiger partial charge >= 0.3 is 0 Å². The van der Waals surface area contributed by atoms with Gasteiger partial charge in [0.25, 0.3) is 0 Å². The van der Waals surface area contributed by atoms with Gasteiger partial charge in [0, 0.05) is 12.1 Å². The lowest BCUT2D eigenvalue weighted by molar-refractivity contribution is -0.134. The minimum atomic E-state index is -3.47. The summed E-state index contributed by atoms with van der Waals surface area (Å²) in [5.74, 6) is -0.742. The highest BCUT2D eigenvalue weighted by atomic mass is 32.2. The fourth-order valence-electron chi connectivity index (χ4n) is 3.58. The molecule has 0 radical (unpaired) electrons. The number of likely N-dealkylation sites (tertiary alicyclic amines) is 1. The Balaban J connectivity index is 2.05. The molecule has 0 spiro atoms. The molecule has 4 nitrogen and oxygen atoms in total. The van der Waals surface area contributed by atoms with Gasteiger partial charge in [-0.2, -0.15) is 0 Å². The molecule has 2 rings (SSSR count). The van der Waals surface area contributed by atoms with Gasteiger partial charge < -0.3 is 4.90 Å². The Labute approximate surface area is 152 Å². The Morgan fingerprint density at radius 2 is 1.60 bits per heavy atom. The predicted octanol–water partition coefficient (Wildman–Crippen LogP) is 3.69. The van der Waals surface area contributed by atoms with Crippen LogP contribution in [0.5, 0.6) is 0 Å². The zero-order valence-electron chi connectivity index (χ0n) is 16.1. The molecule has 0 saturated carbocycles. The average Bonchev–Trinajstić information content (AvgIpc) is 2.45. The van der Waals surface area contributed by atoms with Gasteiger partial charge in [-0.25, -0.2) is 8.42 Å². The second kappa shape index (κ2) is 7.48. The molecular formula is C20H31NO3S. The number of hydrogen-bond donors (Lipinski definition) is 0. The fraction of sp³-hybridized carbons (Fsp3) is 0.650. The summed E-state index contributed by atoms with van der Waals surface area (Å²) in [5.41, 5.74) is 1.94. The van der Waals surface area contributed by atoms with E-state index in [1.807, 2.05) is 38.1 Å². The Bertz CT molecular complexity index is 691. The first kappa shape index (κ1) is 20.0. The minimum Gasteiger partial charge on any atom is -0.336 e. The average molecular weight is 366 g/mol. The van der Waals surface area contributed by atoms with Crippen molar-refractivity contribution in [3.05, 3.63) is 35.4 Å². The van der Waals surface area contributed by atoms with Crippen molar-refractivity contribution in [1.82, 2.24) is 4.90 Å². The molecule has 1 amide bonds. The van der Waals surface area contributed by atoms with Crippen molar-refractivity contribution >= 4 is 15.7 Å². The Morgan fingerprint density at radius 1 is 1.08 bits per heavy atom. The summed E-state index contributed by atoms with van der Waals surface area (Å²) < 4.78 is 25.0. The van der Waals surface area contributed by atoms with E-state index in [0.717, 1.165) is 24.8 Å². The van der Waals surface area contributed by atoms with E-state index in [0.29, 0.717) is 0 Å². The number of sulfone groups is 1. The zero-order chi connectivity index (χ0) is 18.8. The van der Waals surface area contributed by atoms with Crippen LogP contribution in [0.25, 0.3) is 0 Å². The highest BCUT2D eigenvalue weighted by Crippen LogP contribution is 2.24. The monoisotopic (exact) mass is 365 g/mol.